The summed E-state index contributed by atoms with van der Waals surface area (Å²) in [6.45, 7) is -0.0924. The van der Waals surface area contributed by atoms with Crippen molar-refractivity contribution in [3.05, 3.63) is 11.6 Å². The van der Waals surface area contributed by atoms with Gasteiger partial charge in [-0.25, -0.2) is 0 Å². The molecule has 4 atom stereocenters. The molecule has 0 aliphatic heterocycles. The predicted octanol–water partition coefficient (Wildman–Crippen LogP) is 3.74. The fourth-order valence-corrected chi connectivity index (χ4v) is 5.48. The Bertz CT molecular complexity index is 708. The van der Waals surface area contributed by atoms with Crippen LogP contribution in [-0.4, -0.2) is 42.2 Å². The van der Waals surface area contributed by atoms with Crippen molar-refractivity contribution in [2.24, 2.45) is 17.3 Å². The maximum Gasteiger partial charge on any atom is 0.431 e. The zero-order valence-electron chi connectivity index (χ0n) is 14.7. The van der Waals surface area contributed by atoms with Gasteiger partial charge in [0, 0.05) is 18.4 Å². The third-order valence-electron chi connectivity index (χ3n) is 6.04. The number of halogens is 4. The van der Waals surface area contributed by atoms with E-state index in [9.17, 15) is 31.1 Å². The van der Waals surface area contributed by atoms with Crippen LogP contribution < -0.4 is 0 Å². The second kappa shape index (κ2) is 6.96. The van der Waals surface area contributed by atoms with Crippen molar-refractivity contribution in [1.82, 2.24) is 0 Å². The Morgan fingerprint density at radius 1 is 1.26 bits per heavy atom. The third-order valence-corrected chi connectivity index (χ3v) is 6.98. The highest BCUT2D eigenvalue weighted by molar-refractivity contribution is 7.87. The molecule has 4 aliphatic carbocycles. The van der Waals surface area contributed by atoms with E-state index in [0.29, 0.717) is 11.8 Å². The predicted molar refractivity (Wildman–Crippen MR) is 87.8 cm³/mol. The number of unbranched alkanes of at least 4 members (excludes halogenated alkanes) is 1. The summed E-state index contributed by atoms with van der Waals surface area (Å²) < 4.78 is 87.6. The summed E-state index contributed by atoms with van der Waals surface area (Å²) in [7, 11) is -6.20. The Morgan fingerprint density at radius 2 is 1.96 bits per heavy atom. The SMILES string of the molecule is O=S(=O)(O)C(F)(F)C(F)(F)CCCCOC(O)C12CC3=CC(CC(C3)C1)C2. The molecule has 10 heteroatoms. The molecule has 0 amide bonds. The van der Waals surface area contributed by atoms with Gasteiger partial charge < -0.3 is 9.84 Å². The molecule has 27 heavy (non-hydrogen) atoms. The van der Waals surface area contributed by atoms with Crippen molar-refractivity contribution in [2.45, 2.75) is 68.8 Å². The highest BCUT2D eigenvalue weighted by Crippen LogP contribution is 2.58. The first-order valence-corrected chi connectivity index (χ1v) is 10.5. The Balaban J connectivity index is 1.45. The first kappa shape index (κ1) is 21.0. The van der Waals surface area contributed by atoms with Crippen molar-refractivity contribution in [1.29, 1.82) is 0 Å². The lowest BCUT2D eigenvalue weighted by atomic mass is 9.53. The van der Waals surface area contributed by atoms with E-state index in [-0.39, 0.29) is 18.4 Å². The second-order valence-corrected chi connectivity index (χ2v) is 9.68. The summed E-state index contributed by atoms with van der Waals surface area (Å²) >= 11 is 0. The molecule has 0 heterocycles. The lowest BCUT2D eigenvalue weighted by Crippen LogP contribution is -2.49. The Hall–Kier alpha value is -0.710. The van der Waals surface area contributed by atoms with Crippen LogP contribution in [0.5, 0.6) is 0 Å². The van der Waals surface area contributed by atoms with Crippen LogP contribution in [0.3, 0.4) is 0 Å². The van der Waals surface area contributed by atoms with Gasteiger partial charge in [0.05, 0.1) is 0 Å². The molecule has 4 bridgehead atoms. The number of rotatable bonds is 9. The van der Waals surface area contributed by atoms with E-state index in [2.05, 4.69) is 6.08 Å². The van der Waals surface area contributed by atoms with E-state index in [1.54, 1.807) is 0 Å². The van der Waals surface area contributed by atoms with Gasteiger partial charge in [0.25, 0.3) is 0 Å². The highest BCUT2D eigenvalue weighted by atomic mass is 32.2. The molecule has 2 N–H and O–H groups in total. The Labute approximate surface area is 155 Å². The lowest BCUT2D eigenvalue weighted by molar-refractivity contribution is -0.203. The Kier molecular flexibility index (Phi) is 5.42. The highest BCUT2D eigenvalue weighted by Gasteiger charge is 2.64. The van der Waals surface area contributed by atoms with Crippen LogP contribution in [0.1, 0.15) is 51.4 Å². The minimum absolute atomic E-state index is 0.0418. The lowest BCUT2D eigenvalue weighted by Gasteiger charge is -2.54. The fraction of sp³-hybridized carbons (Fsp3) is 0.882. The fourth-order valence-electron chi connectivity index (χ4n) is 5.00. The molecule has 0 aromatic rings. The second-order valence-electron chi connectivity index (χ2n) is 8.21. The largest absolute Gasteiger partial charge is 0.431 e. The van der Waals surface area contributed by atoms with Crippen molar-refractivity contribution in [2.75, 3.05) is 6.61 Å². The van der Waals surface area contributed by atoms with Crippen molar-refractivity contribution >= 4 is 10.1 Å². The van der Waals surface area contributed by atoms with Gasteiger partial charge in [-0.3, -0.25) is 4.55 Å². The number of aliphatic hydroxyl groups excluding tert-OH is 1. The van der Waals surface area contributed by atoms with Gasteiger partial charge in [-0.15, -0.1) is 0 Å². The van der Waals surface area contributed by atoms with Gasteiger partial charge in [-0.2, -0.15) is 26.0 Å². The average molecular weight is 416 g/mol. The van der Waals surface area contributed by atoms with E-state index in [1.165, 1.54) is 5.57 Å². The molecule has 2 saturated carbocycles. The number of hydrogen-bond acceptors (Lipinski definition) is 4. The van der Waals surface area contributed by atoms with Crippen LogP contribution in [0.4, 0.5) is 17.6 Å². The van der Waals surface area contributed by atoms with Crippen molar-refractivity contribution in [3.63, 3.8) is 0 Å². The molecule has 4 unspecified atom stereocenters. The van der Waals surface area contributed by atoms with E-state index >= 15 is 0 Å². The third kappa shape index (κ3) is 3.90. The summed E-state index contributed by atoms with van der Waals surface area (Å²) in [5.74, 6) is -3.90. The van der Waals surface area contributed by atoms with E-state index in [0.717, 1.165) is 32.1 Å². The molecule has 4 aliphatic rings. The number of alkyl halides is 4. The summed E-state index contributed by atoms with van der Waals surface area (Å²) in [5.41, 5.74) is 0.987. The maximum absolute atomic E-state index is 13.4. The molecule has 5 nitrogen and oxygen atoms in total. The molecular weight excluding hydrogens is 392 g/mol. The molecule has 2 fully saturated rings. The molecule has 0 spiro atoms. The van der Waals surface area contributed by atoms with Crippen LogP contribution in [0.15, 0.2) is 11.6 Å². The van der Waals surface area contributed by atoms with E-state index in [1.807, 2.05) is 0 Å². The quantitative estimate of drug-likeness (QED) is 0.197. The Morgan fingerprint density at radius 3 is 2.56 bits per heavy atom. The van der Waals surface area contributed by atoms with Gasteiger partial charge in [-0.1, -0.05) is 11.6 Å². The van der Waals surface area contributed by atoms with Gasteiger partial charge in [0.2, 0.25) is 0 Å². The van der Waals surface area contributed by atoms with Crippen LogP contribution >= 0.6 is 0 Å². The number of allylic oxidation sites excluding steroid dienone is 2. The van der Waals surface area contributed by atoms with E-state index in [4.69, 9.17) is 9.29 Å². The smallest absolute Gasteiger partial charge is 0.367 e. The zero-order chi connectivity index (χ0) is 20.1. The normalized spacial score (nSPS) is 31.9. The topological polar surface area (TPSA) is 83.8 Å². The van der Waals surface area contributed by atoms with E-state index < -0.39 is 40.4 Å². The molecule has 4 rings (SSSR count). The van der Waals surface area contributed by atoms with Gasteiger partial charge in [0.15, 0.2) is 6.29 Å². The monoisotopic (exact) mass is 416 g/mol. The zero-order valence-corrected chi connectivity index (χ0v) is 15.5. The molecule has 156 valence electrons. The van der Waals surface area contributed by atoms with Crippen LogP contribution in [0, 0.1) is 17.3 Å². The molecule has 0 aromatic carbocycles. The van der Waals surface area contributed by atoms with Crippen molar-refractivity contribution in [3.8, 4) is 0 Å². The van der Waals surface area contributed by atoms with Gasteiger partial charge in [-0.05, 0) is 56.8 Å². The van der Waals surface area contributed by atoms with Crippen molar-refractivity contribution < 1.29 is 40.4 Å². The molecular formula is C17H24F4O5S. The number of hydrogen-bond donors (Lipinski definition) is 2. The summed E-state index contributed by atoms with van der Waals surface area (Å²) in [5, 5.41) is 4.95. The minimum atomic E-state index is -6.20. The summed E-state index contributed by atoms with van der Waals surface area (Å²) in [6.07, 6.45) is 3.98. The first-order chi connectivity index (χ1) is 12.4. The summed E-state index contributed by atoms with van der Waals surface area (Å²) in [4.78, 5) is 0. The van der Waals surface area contributed by atoms with Gasteiger partial charge >= 0.3 is 21.3 Å². The summed E-state index contributed by atoms with van der Waals surface area (Å²) in [6, 6.07) is 0. The molecule has 0 radical (unpaired) electrons. The molecule has 0 saturated heterocycles. The maximum atomic E-state index is 13.4. The average Bonchev–Trinajstić information content (AvgIpc) is 2.51. The minimum Gasteiger partial charge on any atom is -0.367 e. The van der Waals surface area contributed by atoms with Gasteiger partial charge in [0.1, 0.15) is 0 Å². The number of aliphatic hydroxyl groups is 1. The van der Waals surface area contributed by atoms with Crippen LogP contribution in [-0.2, 0) is 14.9 Å². The van der Waals surface area contributed by atoms with Crippen LogP contribution in [0.2, 0.25) is 0 Å². The number of ether oxygens (including phenoxy) is 1. The van der Waals surface area contributed by atoms with Crippen LogP contribution in [0.25, 0.3) is 0 Å². The first-order valence-electron chi connectivity index (χ1n) is 9.08. The molecule has 0 aromatic heterocycles. The standard InChI is InChI=1S/C17H24F4O5S/c18-16(19,17(20,21)27(23,24)25)3-1-2-4-26-14(22)15-8-11-5-12(9-15)7-13(6-11)10-15/h5,11,13-14,22H,1-4,6-10H2,(H,23,24,25).